The lowest BCUT2D eigenvalue weighted by Crippen LogP contribution is -2.25. The molecule has 76 valence electrons. The Balaban J connectivity index is 2.96. The third kappa shape index (κ3) is 2.05. The number of benzene rings is 1. The average molecular weight is 193 g/mol. The van der Waals surface area contributed by atoms with Gasteiger partial charge in [0, 0.05) is 12.7 Å². The van der Waals surface area contributed by atoms with E-state index in [-0.39, 0.29) is 6.09 Å². The molecule has 0 heterocycles. The van der Waals surface area contributed by atoms with Crippen LogP contribution in [0.2, 0.25) is 0 Å². The molecular weight excluding hydrogens is 178 g/mol. The molecule has 3 nitrogen and oxygen atoms in total. The van der Waals surface area contributed by atoms with Gasteiger partial charge in [-0.2, -0.15) is 0 Å². The van der Waals surface area contributed by atoms with Gasteiger partial charge in [0.05, 0.1) is 7.11 Å². The largest absolute Gasteiger partial charge is 0.452 e. The summed E-state index contributed by atoms with van der Waals surface area (Å²) in [5.74, 6) is 0. The first-order valence-electron chi connectivity index (χ1n) is 4.45. The van der Waals surface area contributed by atoms with Crippen LogP contribution in [0.1, 0.15) is 11.1 Å². The van der Waals surface area contributed by atoms with Crippen molar-refractivity contribution in [1.29, 1.82) is 0 Å². The lowest BCUT2D eigenvalue weighted by Gasteiger charge is -2.16. The molecule has 1 rings (SSSR count). The van der Waals surface area contributed by atoms with Crippen molar-refractivity contribution in [3.8, 4) is 0 Å². The van der Waals surface area contributed by atoms with E-state index in [0.717, 1.165) is 5.69 Å². The Morgan fingerprint density at radius 3 is 2.43 bits per heavy atom. The Labute approximate surface area is 84.3 Å². The van der Waals surface area contributed by atoms with Crippen molar-refractivity contribution >= 4 is 11.8 Å². The van der Waals surface area contributed by atoms with Crippen molar-refractivity contribution in [2.75, 3.05) is 19.1 Å². The van der Waals surface area contributed by atoms with E-state index < -0.39 is 0 Å². The predicted molar refractivity (Wildman–Crippen MR) is 56.7 cm³/mol. The molecule has 0 spiro atoms. The number of aryl methyl sites for hydroxylation is 2. The van der Waals surface area contributed by atoms with Crippen LogP contribution in [0.3, 0.4) is 0 Å². The van der Waals surface area contributed by atoms with Crippen molar-refractivity contribution in [1.82, 2.24) is 0 Å². The smallest absolute Gasteiger partial charge is 0.413 e. The summed E-state index contributed by atoms with van der Waals surface area (Å²) >= 11 is 0. The van der Waals surface area contributed by atoms with E-state index in [2.05, 4.69) is 4.74 Å². The Morgan fingerprint density at radius 1 is 1.29 bits per heavy atom. The van der Waals surface area contributed by atoms with E-state index >= 15 is 0 Å². The van der Waals surface area contributed by atoms with Crippen LogP contribution in [0.5, 0.6) is 0 Å². The molecule has 0 aromatic heterocycles. The summed E-state index contributed by atoms with van der Waals surface area (Å²) in [5.41, 5.74) is 3.23. The highest BCUT2D eigenvalue weighted by Crippen LogP contribution is 2.17. The maximum Gasteiger partial charge on any atom is 0.413 e. The van der Waals surface area contributed by atoms with Crippen molar-refractivity contribution < 1.29 is 9.53 Å². The molecule has 14 heavy (non-hydrogen) atoms. The monoisotopic (exact) mass is 193 g/mol. The van der Waals surface area contributed by atoms with Gasteiger partial charge in [-0.25, -0.2) is 4.79 Å². The molecule has 1 amide bonds. The van der Waals surface area contributed by atoms with E-state index in [9.17, 15) is 4.79 Å². The molecule has 0 bridgehead atoms. The summed E-state index contributed by atoms with van der Waals surface area (Å²) in [5, 5.41) is 0. The van der Waals surface area contributed by atoms with E-state index in [1.165, 1.54) is 23.1 Å². The van der Waals surface area contributed by atoms with Crippen LogP contribution in [-0.2, 0) is 4.74 Å². The van der Waals surface area contributed by atoms with Gasteiger partial charge < -0.3 is 4.74 Å². The second-order valence-corrected chi connectivity index (χ2v) is 3.30. The molecule has 1 aromatic rings. The Hall–Kier alpha value is -1.51. The van der Waals surface area contributed by atoms with Crippen LogP contribution in [0, 0.1) is 13.8 Å². The number of anilines is 1. The van der Waals surface area contributed by atoms with Gasteiger partial charge in [0.15, 0.2) is 0 Å². The minimum atomic E-state index is -0.353. The summed E-state index contributed by atoms with van der Waals surface area (Å²) in [7, 11) is 3.07. The summed E-state index contributed by atoms with van der Waals surface area (Å²) < 4.78 is 4.62. The Bertz CT molecular complexity index is 347. The maximum absolute atomic E-state index is 11.2. The molecular formula is C11H15NO2. The number of amides is 1. The number of rotatable bonds is 1. The molecule has 0 saturated carbocycles. The topological polar surface area (TPSA) is 29.5 Å². The number of carbonyl (C=O) groups excluding carboxylic acids is 1. The molecule has 0 atom stereocenters. The van der Waals surface area contributed by atoms with Crippen molar-refractivity contribution in [3.05, 3.63) is 29.3 Å². The minimum absolute atomic E-state index is 0.353. The Morgan fingerprint density at radius 2 is 1.93 bits per heavy atom. The van der Waals surface area contributed by atoms with Gasteiger partial charge in [0.25, 0.3) is 0 Å². The molecule has 0 unspecified atom stereocenters. The SMILES string of the molecule is COC(=O)N(C)c1ccc(C)c(C)c1. The lowest BCUT2D eigenvalue weighted by atomic mass is 10.1. The second-order valence-electron chi connectivity index (χ2n) is 3.30. The maximum atomic E-state index is 11.2. The van der Waals surface area contributed by atoms with Crippen LogP contribution >= 0.6 is 0 Å². The fourth-order valence-corrected chi connectivity index (χ4v) is 1.18. The summed E-state index contributed by atoms with van der Waals surface area (Å²) in [6.45, 7) is 4.06. The second kappa shape index (κ2) is 4.13. The highest BCUT2D eigenvalue weighted by molar-refractivity contribution is 5.86. The summed E-state index contributed by atoms with van der Waals surface area (Å²) in [6.07, 6.45) is -0.353. The van der Waals surface area contributed by atoms with E-state index in [0.29, 0.717) is 0 Å². The van der Waals surface area contributed by atoms with Gasteiger partial charge in [-0.3, -0.25) is 4.90 Å². The van der Waals surface area contributed by atoms with Crippen LogP contribution in [0.25, 0.3) is 0 Å². The van der Waals surface area contributed by atoms with Crippen LogP contribution in [-0.4, -0.2) is 20.3 Å². The fourth-order valence-electron chi connectivity index (χ4n) is 1.18. The van der Waals surface area contributed by atoms with Gasteiger partial charge in [-0.1, -0.05) is 6.07 Å². The first-order valence-corrected chi connectivity index (χ1v) is 4.45. The van der Waals surface area contributed by atoms with Gasteiger partial charge in [-0.05, 0) is 37.1 Å². The number of nitrogens with zero attached hydrogens (tertiary/aromatic N) is 1. The molecule has 3 heteroatoms. The highest BCUT2D eigenvalue weighted by Gasteiger charge is 2.10. The van der Waals surface area contributed by atoms with Crippen LogP contribution < -0.4 is 4.90 Å². The zero-order chi connectivity index (χ0) is 10.7. The Kier molecular flexibility index (Phi) is 3.12. The quantitative estimate of drug-likeness (QED) is 0.685. The van der Waals surface area contributed by atoms with Gasteiger partial charge >= 0.3 is 6.09 Å². The molecule has 0 N–H and O–H groups in total. The third-order valence-electron chi connectivity index (χ3n) is 2.33. The van der Waals surface area contributed by atoms with Gasteiger partial charge in [-0.15, -0.1) is 0 Å². The highest BCUT2D eigenvalue weighted by atomic mass is 16.5. The van der Waals surface area contributed by atoms with Crippen molar-refractivity contribution in [2.24, 2.45) is 0 Å². The molecule has 0 fully saturated rings. The van der Waals surface area contributed by atoms with E-state index in [1.807, 2.05) is 32.0 Å². The first-order chi connectivity index (χ1) is 6.56. The molecule has 0 aliphatic heterocycles. The van der Waals surface area contributed by atoms with E-state index in [1.54, 1.807) is 7.05 Å². The zero-order valence-electron chi connectivity index (χ0n) is 9.00. The zero-order valence-corrected chi connectivity index (χ0v) is 9.00. The minimum Gasteiger partial charge on any atom is -0.452 e. The number of hydrogen-bond acceptors (Lipinski definition) is 2. The first kappa shape index (κ1) is 10.6. The molecule has 1 aromatic carbocycles. The van der Waals surface area contributed by atoms with Gasteiger partial charge in [0.1, 0.15) is 0 Å². The average Bonchev–Trinajstić information content (AvgIpc) is 2.20. The van der Waals surface area contributed by atoms with Crippen molar-refractivity contribution in [2.45, 2.75) is 13.8 Å². The lowest BCUT2D eigenvalue weighted by molar-refractivity contribution is 0.180. The summed E-state index contributed by atoms with van der Waals surface area (Å²) in [4.78, 5) is 12.7. The van der Waals surface area contributed by atoms with Crippen LogP contribution in [0.4, 0.5) is 10.5 Å². The number of hydrogen-bond donors (Lipinski definition) is 0. The number of ether oxygens (including phenoxy) is 1. The standard InChI is InChI=1S/C11H15NO2/c1-8-5-6-10(7-9(8)2)12(3)11(13)14-4/h5-7H,1-4H3. The number of methoxy groups -OCH3 is 1. The van der Waals surface area contributed by atoms with E-state index in [4.69, 9.17) is 0 Å². The normalized spacial score (nSPS) is 9.71. The molecule has 0 aliphatic carbocycles. The molecule has 0 saturated heterocycles. The predicted octanol–water partition coefficient (Wildman–Crippen LogP) is 2.51. The molecule has 0 radical (unpaired) electrons. The third-order valence-corrected chi connectivity index (χ3v) is 2.33. The van der Waals surface area contributed by atoms with Gasteiger partial charge in [0.2, 0.25) is 0 Å². The molecule has 0 aliphatic rings. The van der Waals surface area contributed by atoms with Crippen LogP contribution in [0.15, 0.2) is 18.2 Å². The number of carbonyl (C=O) groups is 1. The van der Waals surface area contributed by atoms with Crippen molar-refractivity contribution in [3.63, 3.8) is 0 Å². The summed E-state index contributed by atoms with van der Waals surface area (Å²) in [6, 6.07) is 5.86. The fraction of sp³-hybridized carbons (Fsp3) is 0.364.